The van der Waals surface area contributed by atoms with Gasteiger partial charge in [0.2, 0.25) is 5.91 Å². The number of amides is 1. The standard InChI is InChI=1S/C16H32N2O2/c1-6-14-16(19)18(15(17-14)10-12(2)3)8-7-9-20-11-13(4)5/h12-15,17H,6-11H2,1-5H3. The van der Waals surface area contributed by atoms with Gasteiger partial charge < -0.3 is 9.64 Å². The second-order valence-corrected chi connectivity index (χ2v) is 6.63. The van der Waals surface area contributed by atoms with Crippen LogP contribution in [0.25, 0.3) is 0 Å². The highest BCUT2D eigenvalue weighted by Gasteiger charge is 2.37. The molecule has 0 saturated carbocycles. The number of rotatable bonds is 9. The molecule has 2 unspecified atom stereocenters. The van der Waals surface area contributed by atoms with Crippen LogP contribution in [0.1, 0.15) is 53.9 Å². The number of carbonyl (C=O) groups excluding carboxylic acids is 1. The summed E-state index contributed by atoms with van der Waals surface area (Å²) in [5.74, 6) is 1.43. The van der Waals surface area contributed by atoms with Crippen molar-refractivity contribution in [1.29, 1.82) is 0 Å². The minimum atomic E-state index is 0.00957. The molecule has 20 heavy (non-hydrogen) atoms. The first-order valence-corrected chi connectivity index (χ1v) is 8.10. The van der Waals surface area contributed by atoms with E-state index in [0.29, 0.717) is 11.8 Å². The molecule has 0 aromatic rings. The van der Waals surface area contributed by atoms with Gasteiger partial charge in [-0.15, -0.1) is 0 Å². The van der Waals surface area contributed by atoms with Gasteiger partial charge >= 0.3 is 0 Å². The summed E-state index contributed by atoms with van der Waals surface area (Å²) in [5.41, 5.74) is 0. The fourth-order valence-electron chi connectivity index (χ4n) is 2.60. The molecule has 4 heteroatoms. The molecule has 118 valence electrons. The van der Waals surface area contributed by atoms with Crippen molar-refractivity contribution >= 4 is 5.91 Å². The van der Waals surface area contributed by atoms with Gasteiger partial charge in [-0.1, -0.05) is 34.6 Å². The maximum Gasteiger partial charge on any atom is 0.241 e. The zero-order valence-electron chi connectivity index (χ0n) is 13.8. The van der Waals surface area contributed by atoms with E-state index in [1.807, 2.05) is 4.90 Å². The lowest BCUT2D eigenvalue weighted by Crippen LogP contribution is -2.39. The Bertz CT molecular complexity index is 292. The molecule has 1 rings (SSSR count). The Hall–Kier alpha value is -0.610. The van der Waals surface area contributed by atoms with Crippen molar-refractivity contribution in [2.75, 3.05) is 19.8 Å². The van der Waals surface area contributed by atoms with Crippen LogP contribution in [0.2, 0.25) is 0 Å². The molecule has 1 heterocycles. The fourth-order valence-corrected chi connectivity index (χ4v) is 2.60. The first kappa shape index (κ1) is 17.4. The molecule has 0 aromatic heterocycles. The van der Waals surface area contributed by atoms with Gasteiger partial charge in [-0.25, -0.2) is 0 Å². The number of nitrogens with one attached hydrogen (secondary N) is 1. The van der Waals surface area contributed by atoms with Gasteiger partial charge in [-0.2, -0.15) is 0 Å². The third-order valence-electron chi connectivity index (χ3n) is 3.59. The monoisotopic (exact) mass is 284 g/mol. The average molecular weight is 284 g/mol. The lowest BCUT2D eigenvalue weighted by molar-refractivity contribution is -0.130. The summed E-state index contributed by atoms with van der Waals surface area (Å²) in [5, 5.41) is 3.47. The predicted octanol–water partition coefficient (Wildman–Crippen LogP) is 2.63. The summed E-state index contributed by atoms with van der Waals surface area (Å²) in [6, 6.07) is 0.00957. The summed E-state index contributed by atoms with van der Waals surface area (Å²) >= 11 is 0. The normalized spacial score (nSPS) is 23.4. The molecule has 1 saturated heterocycles. The quantitative estimate of drug-likeness (QED) is 0.662. The van der Waals surface area contributed by atoms with Crippen molar-refractivity contribution in [1.82, 2.24) is 10.2 Å². The molecule has 0 bridgehead atoms. The maximum atomic E-state index is 12.3. The fraction of sp³-hybridized carbons (Fsp3) is 0.938. The summed E-state index contributed by atoms with van der Waals surface area (Å²) in [7, 11) is 0. The van der Waals surface area contributed by atoms with E-state index in [-0.39, 0.29) is 18.1 Å². The van der Waals surface area contributed by atoms with E-state index in [0.717, 1.165) is 39.0 Å². The highest BCUT2D eigenvalue weighted by molar-refractivity contribution is 5.84. The van der Waals surface area contributed by atoms with E-state index < -0.39 is 0 Å². The van der Waals surface area contributed by atoms with Gasteiger partial charge in [0.15, 0.2) is 0 Å². The van der Waals surface area contributed by atoms with Crippen molar-refractivity contribution in [3.8, 4) is 0 Å². The van der Waals surface area contributed by atoms with E-state index in [2.05, 4.69) is 39.9 Å². The van der Waals surface area contributed by atoms with Crippen LogP contribution in [0.5, 0.6) is 0 Å². The van der Waals surface area contributed by atoms with Gasteiger partial charge in [0, 0.05) is 19.8 Å². The molecule has 0 aromatic carbocycles. The molecule has 1 fully saturated rings. The molecule has 0 aliphatic carbocycles. The molecule has 1 aliphatic heterocycles. The maximum absolute atomic E-state index is 12.3. The van der Waals surface area contributed by atoms with E-state index in [1.165, 1.54) is 0 Å². The molecule has 1 aliphatic rings. The third kappa shape index (κ3) is 5.41. The number of hydrogen-bond acceptors (Lipinski definition) is 3. The predicted molar refractivity (Wildman–Crippen MR) is 82.4 cm³/mol. The average Bonchev–Trinajstić information content (AvgIpc) is 2.65. The Balaban J connectivity index is 2.40. The highest BCUT2D eigenvalue weighted by Crippen LogP contribution is 2.19. The number of carbonyl (C=O) groups is 1. The second kappa shape index (κ2) is 8.63. The van der Waals surface area contributed by atoms with E-state index in [1.54, 1.807) is 0 Å². The van der Waals surface area contributed by atoms with Gasteiger partial charge in [0.25, 0.3) is 0 Å². The zero-order chi connectivity index (χ0) is 15.1. The van der Waals surface area contributed by atoms with Gasteiger partial charge in [-0.05, 0) is 31.1 Å². The van der Waals surface area contributed by atoms with Crippen LogP contribution in [0, 0.1) is 11.8 Å². The summed E-state index contributed by atoms with van der Waals surface area (Å²) < 4.78 is 5.60. The van der Waals surface area contributed by atoms with Crippen LogP contribution in [0.15, 0.2) is 0 Å². The van der Waals surface area contributed by atoms with Crippen LogP contribution in [0.3, 0.4) is 0 Å². The van der Waals surface area contributed by atoms with Crippen molar-refractivity contribution in [3.63, 3.8) is 0 Å². The van der Waals surface area contributed by atoms with Gasteiger partial charge in [0.05, 0.1) is 12.2 Å². The number of nitrogens with zero attached hydrogens (tertiary/aromatic N) is 1. The van der Waals surface area contributed by atoms with Crippen LogP contribution < -0.4 is 5.32 Å². The first-order chi connectivity index (χ1) is 9.45. The lowest BCUT2D eigenvalue weighted by Gasteiger charge is -2.25. The summed E-state index contributed by atoms with van der Waals surface area (Å²) in [6.07, 6.45) is 3.02. The molecule has 0 radical (unpaired) electrons. The van der Waals surface area contributed by atoms with Crippen molar-refractivity contribution in [2.24, 2.45) is 11.8 Å². The van der Waals surface area contributed by atoms with Gasteiger partial charge in [0.1, 0.15) is 0 Å². The Labute approximate surface area is 124 Å². The number of ether oxygens (including phenoxy) is 1. The molecule has 2 atom stereocenters. The van der Waals surface area contributed by atoms with E-state index in [4.69, 9.17) is 4.74 Å². The Morgan fingerprint density at radius 1 is 1.25 bits per heavy atom. The summed E-state index contributed by atoms with van der Waals surface area (Å²) in [6.45, 7) is 13.1. The van der Waals surface area contributed by atoms with Crippen molar-refractivity contribution in [3.05, 3.63) is 0 Å². The molecule has 4 nitrogen and oxygen atoms in total. The molecule has 1 amide bonds. The van der Waals surface area contributed by atoms with Crippen molar-refractivity contribution < 1.29 is 9.53 Å². The molecule has 0 spiro atoms. The smallest absolute Gasteiger partial charge is 0.241 e. The van der Waals surface area contributed by atoms with Gasteiger partial charge in [-0.3, -0.25) is 10.1 Å². The van der Waals surface area contributed by atoms with Crippen molar-refractivity contribution in [2.45, 2.75) is 66.1 Å². The molecular weight excluding hydrogens is 252 g/mol. The second-order valence-electron chi connectivity index (χ2n) is 6.63. The van der Waals surface area contributed by atoms with Crippen LogP contribution in [0.4, 0.5) is 0 Å². The molecular formula is C16H32N2O2. The SMILES string of the molecule is CCC1NC(CC(C)C)N(CCCOCC(C)C)C1=O. The van der Waals surface area contributed by atoms with Crippen LogP contribution in [-0.4, -0.2) is 42.8 Å². The highest BCUT2D eigenvalue weighted by atomic mass is 16.5. The van der Waals surface area contributed by atoms with E-state index >= 15 is 0 Å². The Morgan fingerprint density at radius 3 is 2.50 bits per heavy atom. The summed E-state index contributed by atoms with van der Waals surface area (Å²) in [4.78, 5) is 14.3. The molecule has 1 N–H and O–H groups in total. The van der Waals surface area contributed by atoms with Crippen LogP contribution >= 0.6 is 0 Å². The minimum absolute atomic E-state index is 0.00957. The topological polar surface area (TPSA) is 41.6 Å². The number of hydrogen-bond donors (Lipinski definition) is 1. The Morgan fingerprint density at radius 2 is 1.95 bits per heavy atom. The first-order valence-electron chi connectivity index (χ1n) is 8.10. The van der Waals surface area contributed by atoms with Crippen LogP contribution in [-0.2, 0) is 9.53 Å². The lowest BCUT2D eigenvalue weighted by atomic mass is 10.1. The third-order valence-corrected chi connectivity index (χ3v) is 3.59. The minimum Gasteiger partial charge on any atom is -0.381 e. The zero-order valence-corrected chi connectivity index (χ0v) is 13.8. The van der Waals surface area contributed by atoms with E-state index in [9.17, 15) is 4.79 Å². The Kier molecular flexibility index (Phi) is 7.52. The largest absolute Gasteiger partial charge is 0.381 e.